The van der Waals surface area contributed by atoms with E-state index >= 15 is 0 Å². The van der Waals surface area contributed by atoms with Crippen LogP contribution in [0.15, 0.2) is 24.5 Å². The van der Waals surface area contributed by atoms with Gasteiger partial charge in [0, 0.05) is 13.5 Å². The molecule has 0 radical (unpaired) electrons. The van der Waals surface area contributed by atoms with E-state index in [0.717, 1.165) is 18.5 Å². The average Bonchev–Trinajstić information content (AvgIpc) is 2.92. The summed E-state index contributed by atoms with van der Waals surface area (Å²) in [6, 6.07) is 6.41. The number of hydrogen-bond donors (Lipinski definition) is 0. The van der Waals surface area contributed by atoms with E-state index in [0.29, 0.717) is 6.10 Å². The van der Waals surface area contributed by atoms with Gasteiger partial charge in [-0.05, 0) is 17.7 Å². The van der Waals surface area contributed by atoms with Gasteiger partial charge in [0.2, 0.25) is 0 Å². The summed E-state index contributed by atoms with van der Waals surface area (Å²) in [4.78, 5) is 4.29. The van der Waals surface area contributed by atoms with Crippen molar-refractivity contribution in [3.63, 3.8) is 0 Å². The Morgan fingerprint density at radius 2 is 2.43 bits per heavy atom. The third kappa shape index (κ3) is 1.30. The Labute approximate surface area is 82.3 Å². The molecule has 1 aromatic carbocycles. The zero-order valence-electron chi connectivity index (χ0n) is 8.10. The third-order valence-electron chi connectivity index (χ3n) is 2.66. The van der Waals surface area contributed by atoms with E-state index in [9.17, 15) is 0 Å². The molecule has 0 bridgehead atoms. The molecule has 14 heavy (non-hydrogen) atoms. The maximum Gasteiger partial charge on any atom is 0.0955 e. The van der Waals surface area contributed by atoms with Crippen LogP contribution in [0.2, 0.25) is 0 Å². The predicted molar refractivity (Wildman–Crippen MR) is 54.2 cm³/mol. The van der Waals surface area contributed by atoms with Crippen molar-refractivity contribution in [3.8, 4) is 0 Å². The van der Waals surface area contributed by atoms with Crippen LogP contribution in [-0.4, -0.2) is 22.3 Å². The lowest BCUT2D eigenvalue weighted by Gasteiger charge is -1.99. The predicted octanol–water partition coefficient (Wildman–Crippen LogP) is 1.51. The van der Waals surface area contributed by atoms with Crippen molar-refractivity contribution in [1.29, 1.82) is 0 Å². The first kappa shape index (κ1) is 8.00. The molecule has 0 N–H and O–H groups in total. The summed E-state index contributed by atoms with van der Waals surface area (Å²) in [5, 5.41) is 0. The maximum atomic E-state index is 5.21. The highest BCUT2D eigenvalue weighted by atomic mass is 16.6. The number of fused-ring (bicyclic) bond motifs is 1. The molecule has 1 fully saturated rings. The van der Waals surface area contributed by atoms with E-state index in [2.05, 4.69) is 23.2 Å². The van der Waals surface area contributed by atoms with Crippen LogP contribution in [-0.2, 0) is 18.2 Å². The summed E-state index contributed by atoms with van der Waals surface area (Å²) in [6.07, 6.45) is 3.34. The number of ether oxygens (including phenoxy) is 1. The highest BCUT2D eigenvalue weighted by Crippen LogP contribution is 2.19. The van der Waals surface area contributed by atoms with Crippen molar-refractivity contribution < 1.29 is 4.74 Å². The van der Waals surface area contributed by atoms with Crippen LogP contribution in [0.3, 0.4) is 0 Å². The van der Waals surface area contributed by atoms with Crippen molar-refractivity contribution in [2.24, 2.45) is 7.05 Å². The second-order valence-electron chi connectivity index (χ2n) is 3.84. The van der Waals surface area contributed by atoms with Crippen LogP contribution in [0.4, 0.5) is 0 Å². The molecule has 3 heteroatoms. The Balaban J connectivity index is 2.03. The van der Waals surface area contributed by atoms with Gasteiger partial charge in [0.1, 0.15) is 0 Å². The minimum atomic E-state index is 0.459. The van der Waals surface area contributed by atoms with Crippen LogP contribution in [0.1, 0.15) is 5.56 Å². The normalized spacial score (nSPS) is 20.2. The maximum absolute atomic E-state index is 5.21. The van der Waals surface area contributed by atoms with Crippen molar-refractivity contribution in [2.45, 2.75) is 12.5 Å². The van der Waals surface area contributed by atoms with E-state index in [1.807, 2.05) is 17.9 Å². The monoisotopic (exact) mass is 188 g/mol. The number of aromatic nitrogens is 2. The van der Waals surface area contributed by atoms with Crippen LogP contribution in [0.25, 0.3) is 11.0 Å². The first-order valence-corrected chi connectivity index (χ1v) is 4.84. The molecule has 1 saturated heterocycles. The second kappa shape index (κ2) is 2.82. The number of aryl methyl sites for hydroxylation is 1. The molecule has 0 spiro atoms. The Morgan fingerprint density at radius 3 is 3.21 bits per heavy atom. The Bertz CT molecular complexity index is 471. The van der Waals surface area contributed by atoms with Gasteiger partial charge in [-0.3, -0.25) is 0 Å². The van der Waals surface area contributed by atoms with Crippen molar-refractivity contribution in [2.75, 3.05) is 6.61 Å². The van der Waals surface area contributed by atoms with Gasteiger partial charge in [-0.2, -0.15) is 0 Å². The molecular formula is C11H12N2O. The fraction of sp³-hybridized carbons (Fsp3) is 0.364. The highest BCUT2D eigenvalue weighted by Gasteiger charge is 2.22. The van der Waals surface area contributed by atoms with Crippen molar-refractivity contribution in [1.82, 2.24) is 9.55 Å². The molecule has 0 aliphatic carbocycles. The highest BCUT2D eigenvalue weighted by molar-refractivity contribution is 5.75. The number of imidazole rings is 1. The molecule has 72 valence electrons. The topological polar surface area (TPSA) is 30.4 Å². The molecule has 2 heterocycles. The number of benzene rings is 1. The van der Waals surface area contributed by atoms with Crippen molar-refractivity contribution >= 4 is 11.0 Å². The smallest absolute Gasteiger partial charge is 0.0955 e. The SMILES string of the molecule is Cn1cnc2ccc(CC3CO3)cc21. The van der Waals surface area contributed by atoms with Gasteiger partial charge in [0.05, 0.1) is 30.1 Å². The molecule has 2 aromatic rings. The molecule has 0 amide bonds. The van der Waals surface area contributed by atoms with Crippen LogP contribution < -0.4 is 0 Å². The van der Waals surface area contributed by atoms with Crippen LogP contribution in [0.5, 0.6) is 0 Å². The molecule has 1 aromatic heterocycles. The summed E-state index contributed by atoms with van der Waals surface area (Å²) >= 11 is 0. The quantitative estimate of drug-likeness (QED) is 0.669. The lowest BCUT2D eigenvalue weighted by molar-refractivity contribution is 0.407. The van der Waals surface area contributed by atoms with Gasteiger partial charge in [-0.1, -0.05) is 6.07 Å². The summed E-state index contributed by atoms with van der Waals surface area (Å²) in [5.74, 6) is 0. The van der Waals surface area contributed by atoms with Crippen LogP contribution >= 0.6 is 0 Å². The third-order valence-corrected chi connectivity index (χ3v) is 2.66. The second-order valence-corrected chi connectivity index (χ2v) is 3.84. The van der Waals surface area contributed by atoms with Gasteiger partial charge < -0.3 is 9.30 Å². The van der Waals surface area contributed by atoms with E-state index in [-0.39, 0.29) is 0 Å². The fourth-order valence-corrected chi connectivity index (χ4v) is 1.75. The van der Waals surface area contributed by atoms with E-state index in [4.69, 9.17) is 4.74 Å². The summed E-state index contributed by atoms with van der Waals surface area (Å²) in [6.45, 7) is 0.920. The minimum absolute atomic E-state index is 0.459. The first-order valence-electron chi connectivity index (χ1n) is 4.84. The Hall–Kier alpha value is -1.35. The molecule has 3 nitrogen and oxygen atoms in total. The fourth-order valence-electron chi connectivity index (χ4n) is 1.75. The molecule has 1 aliphatic rings. The van der Waals surface area contributed by atoms with E-state index < -0.39 is 0 Å². The number of epoxide rings is 1. The number of rotatable bonds is 2. The Kier molecular flexibility index (Phi) is 1.61. The molecule has 1 unspecified atom stereocenters. The molecular weight excluding hydrogens is 176 g/mol. The average molecular weight is 188 g/mol. The zero-order chi connectivity index (χ0) is 9.54. The molecule has 1 aliphatic heterocycles. The van der Waals surface area contributed by atoms with Gasteiger partial charge in [0.15, 0.2) is 0 Å². The van der Waals surface area contributed by atoms with Crippen molar-refractivity contribution in [3.05, 3.63) is 30.1 Å². The van der Waals surface area contributed by atoms with Gasteiger partial charge in [-0.15, -0.1) is 0 Å². The summed E-state index contributed by atoms with van der Waals surface area (Å²) < 4.78 is 7.26. The molecule has 0 saturated carbocycles. The summed E-state index contributed by atoms with van der Waals surface area (Å²) in [5.41, 5.74) is 3.60. The van der Waals surface area contributed by atoms with Gasteiger partial charge in [-0.25, -0.2) is 4.98 Å². The number of nitrogens with zero attached hydrogens (tertiary/aromatic N) is 2. The lowest BCUT2D eigenvalue weighted by Crippen LogP contribution is -1.93. The largest absolute Gasteiger partial charge is 0.373 e. The van der Waals surface area contributed by atoms with Gasteiger partial charge >= 0.3 is 0 Å². The Morgan fingerprint density at radius 1 is 1.57 bits per heavy atom. The van der Waals surface area contributed by atoms with E-state index in [1.54, 1.807) is 0 Å². The number of hydrogen-bond acceptors (Lipinski definition) is 2. The molecule has 3 rings (SSSR count). The van der Waals surface area contributed by atoms with Crippen LogP contribution in [0, 0.1) is 0 Å². The molecule has 1 atom stereocenters. The van der Waals surface area contributed by atoms with Gasteiger partial charge in [0.25, 0.3) is 0 Å². The first-order chi connectivity index (χ1) is 6.83. The minimum Gasteiger partial charge on any atom is -0.373 e. The lowest BCUT2D eigenvalue weighted by atomic mass is 10.1. The zero-order valence-corrected chi connectivity index (χ0v) is 8.10. The standard InChI is InChI=1S/C11H12N2O/c1-13-7-12-10-3-2-8(5-11(10)13)4-9-6-14-9/h2-3,5,7,9H,4,6H2,1H3. The van der Waals surface area contributed by atoms with E-state index in [1.165, 1.54) is 11.1 Å². The summed E-state index contributed by atoms with van der Waals surface area (Å²) in [7, 11) is 2.02.